The van der Waals surface area contributed by atoms with Crippen LogP contribution in [0.15, 0.2) is 36.0 Å². The fourth-order valence-corrected chi connectivity index (χ4v) is 1.05. The van der Waals surface area contributed by atoms with Crippen LogP contribution in [0.2, 0.25) is 0 Å². The molecular formula is C11H11NO3. The molecule has 0 saturated carbocycles. The number of ether oxygens (including phenoxy) is 1. The number of carbonyl (C=O) groups excluding carboxylic acids is 2. The molecule has 0 heterocycles. The van der Waals surface area contributed by atoms with Crippen LogP contribution in [0, 0.1) is 0 Å². The maximum atomic E-state index is 11.2. The summed E-state index contributed by atoms with van der Waals surface area (Å²) in [6.07, 6.45) is 1.98. The second kappa shape index (κ2) is 5.59. The monoisotopic (exact) mass is 205 g/mol. The molecule has 1 N–H and O–H groups in total. The largest absolute Gasteiger partial charge is 0.464 e. The molecule has 0 fully saturated rings. The summed E-state index contributed by atoms with van der Waals surface area (Å²) in [5, 5.41) is 2.29. The average molecular weight is 205 g/mol. The zero-order valence-electron chi connectivity index (χ0n) is 8.27. The first-order valence-corrected chi connectivity index (χ1v) is 4.33. The third-order valence-corrected chi connectivity index (χ3v) is 1.73. The van der Waals surface area contributed by atoms with Crippen molar-refractivity contribution >= 4 is 18.5 Å². The molecule has 1 amide bonds. The lowest BCUT2D eigenvalue weighted by molar-refractivity contribution is -0.137. The summed E-state index contributed by atoms with van der Waals surface area (Å²) in [5.74, 6) is -0.578. The van der Waals surface area contributed by atoms with Crippen LogP contribution in [0.4, 0.5) is 0 Å². The lowest BCUT2D eigenvalue weighted by Crippen LogP contribution is -2.19. The van der Waals surface area contributed by atoms with Gasteiger partial charge in [-0.1, -0.05) is 30.3 Å². The summed E-state index contributed by atoms with van der Waals surface area (Å²) in [4.78, 5) is 21.5. The third-order valence-electron chi connectivity index (χ3n) is 1.73. The Morgan fingerprint density at radius 1 is 1.33 bits per heavy atom. The molecule has 4 heteroatoms. The lowest BCUT2D eigenvalue weighted by Gasteiger charge is -2.02. The summed E-state index contributed by atoms with van der Waals surface area (Å²) in [6, 6.07) is 9.16. The predicted octanol–water partition coefficient (Wildman–Crippen LogP) is 0.946. The quantitative estimate of drug-likeness (QED) is 0.452. The van der Waals surface area contributed by atoms with Gasteiger partial charge in [0.2, 0.25) is 6.41 Å². The number of benzene rings is 1. The van der Waals surface area contributed by atoms with Crippen molar-refractivity contribution in [1.29, 1.82) is 0 Å². The number of methoxy groups -OCH3 is 1. The van der Waals surface area contributed by atoms with Gasteiger partial charge in [0.15, 0.2) is 0 Å². The van der Waals surface area contributed by atoms with E-state index in [1.165, 1.54) is 7.11 Å². The van der Waals surface area contributed by atoms with Crippen LogP contribution in [0.1, 0.15) is 5.56 Å². The molecule has 0 atom stereocenters. The predicted molar refractivity (Wildman–Crippen MR) is 55.6 cm³/mol. The van der Waals surface area contributed by atoms with E-state index in [9.17, 15) is 9.59 Å². The summed E-state index contributed by atoms with van der Waals surface area (Å²) >= 11 is 0. The van der Waals surface area contributed by atoms with Gasteiger partial charge in [0.1, 0.15) is 5.70 Å². The van der Waals surface area contributed by atoms with Crippen molar-refractivity contribution in [3.05, 3.63) is 41.6 Å². The maximum Gasteiger partial charge on any atom is 0.354 e. The average Bonchev–Trinajstić information content (AvgIpc) is 2.29. The molecule has 0 aliphatic heterocycles. The van der Waals surface area contributed by atoms with Crippen LogP contribution in [-0.4, -0.2) is 19.5 Å². The molecule has 0 aliphatic rings. The van der Waals surface area contributed by atoms with Gasteiger partial charge in [0.05, 0.1) is 7.11 Å². The van der Waals surface area contributed by atoms with Crippen LogP contribution in [0.5, 0.6) is 0 Å². The number of esters is 1. The molecular weight excluding hydrogens is 194 g/mol. The van der Waals surface area contributed by atoms with Gasteiger partial charge < -0.3 is 10.1 Å². The second-order valence-corrected chi connectivity index (χ2v) is 2.72. The van der Waals surface area contributed by atoms with E-state index in [2.05, 4.69) is 10.1 Å². The normalized spacial score (nSPS) is 10.6. The third kappa shape index (κ3) is 3.27. The summed E-state index contributed by atoms with van der Waals surface area (Å²) in [7, 11) is 1.26. The molecule has 0 spiro atoms. The Morgan fingerprint density at radius 3 is 2.53 bits per heavy atom. The Kier molecular flexibility index (Phi) is 4.09. The van der Waals surface area contributed by atoms with Gasteiger partial charge >= 0.3 is 5.97 Å². The summed E-state index contributed by atoms with van der Waals surface area (Å²) in [5.41, 5.74) is 0.922. The Balaban J connectivity index is 2.93. The molecule has 1 aromatic rings. The van der Waals surface area contributed by atoms with Crippen molar-refractivity contribution in [1.82, 2.24) is 5.32 Å². The minimum Gasteiger partial charge on any atom is -0.464 e. The molecule has 0 unspecified atom stereocenters. The molecule has 1 aromatic carbocycles. The highest BCUT2D eigenvalue weighted by molar-refractivity contribution is 5.95. The Morgan fingerprint density at radius 2 is 2.00 bits per heavy atom. The first-order chi connectivity index (χ1) is 7.27. The van der Waals surface area contributed by atoms with Crippen LogP contribution in [-0.2, 0) is 14.3 Å². The molecule has 0 aliphatic carbocycles. The first kappa shape index (κ1) is 11.0. The van der Waals surface area contributed by atoms with Gasteiger partial charge in [0.25, 0.3) is 0 Å². The van der Waals surface area contributed by atoms with Crippen molar-refractivity contribution in [2.75, 3.05) is 7.11 Å². The molecule has 0 radical (unpaired) electrons. The maximum absolute atomic E-state index is 11.2. The van der Waals surface area contributed by atoms with Crippen LogP contribution in [0.25, 0.3) is 6.08 Å². The smallest absolute Gasteiger partial charge is 0.354 e. The number of nitrogens with one attached hydrogen (secondary N) is 1. The van der Waals surface area contributed by atoms with Gasteiger partial charge in [-0.05, 0) is 11.6 Å². The van der Waals surface area contributed by atoms with Gasteiger partial charge in [-0.2, -0.15) is 0 Å². The van der Waals surface area contributed by atoms with Crippen molar-refractivity contribution in [3.8, 4) is 0 Å². The van der Waals surface area contributed by atoms with Gasteiger partial charge in [-0.15, -0.1) is 0 Å². The topological polar surface area (TPSA) is 55.4 Å². The standard InChI is InChI=1S/C11H11NO3/c1-15-11(14)10(12-8-13)7-9-5-3-2-4-6-9/h2-8H,1H3,(H,12,13). The van der Waals surface area contributed by atoms with Gasteiger partial charge in [-0.3, -0.25) is 4.79 Å². The molecule has 0 saturated heterocycles. The van der Waals surface area contributed by atoms with Crippen LogP contribution in [0.3, 0.4) is 0 Å². The fourth-order valence-electron chi connectivity index (χ4n) is 1.05. The van der Waals surface area contributed by atoms with E-state index in [1.807, 2.05) is 30.3 Å². The highest BCUT2D eigenvalue weighted by atomic mass is 16.5. The highest BCUT2D eigenvalue weighted by Crippen LogP contribution is 2.05. The second-order valence-electron chi connectivity index (χ2n) is 2.72. The number of hydrogen-bond donors (Lipinski definition) is 1. The van der Waals surface area contributed by atoms with Crippen molar-refractivity contribution in [3.63, 3.8) is 0 Å². The molecule has 0 bridgehead atoms. The van der Waals surface area contributed by atoms with Crippen molar-refractivity contribution < 1.29 is 14.3 Å². The van der Waals surface area contributed by atoms with Gasteiger partial charge in [0, 0.05) is 0 Å². The van der Waals surface area contributed by atoms with Crippen molar-refractivity contribution in [2.45, 2.75) is 0 Å². The number of hydrogen-bond acceptors (Lipinski definition) is 3. The van der Waals surface area contributed by atoms with E-state index in [-0.39, 0.29) is 5.70 Å². The van der Waals surface area contributed by atoms with E-state index in [4.69, 9.17) is 0 Å². The lowest BCUT2D eigenvalue weighted by atomic mass is 10.2. The Labute approximate surface area is 87.6 Å². The van der Waals surface area contributed by atoms with Crippen LogP contribution >= 0.6 is 0 Å². The number of amides is 1. The summed E-state index contributed by atoms with van der Waals surface area (Å²) < 4.78 is 4.51. The molecule has 4 nitrogen and oxygen atoms in total. The first-order valence-electron chi connectivity index (χ1n) is 4.33. The Hall–Kier alpha value is -2.10. The zero-order valence-corrected chi connectivity index (χ0v) is 8.27. The van der Waals surface area contributed by atoms with E-state index in [1.54, 1.807) is 6.08 Å². The van der Waals surface area contributed by atoms with E-state index in [0.717, 1.165) is 5.56 Å². The highest BCUT2D eigenvalue weighted by Gasteiger charge is 2.07. The Bertz CT molecular complexity index is 371. The number of rotatable bonds is 4. The van der Waals surface area contributed by atoms with E-state index >= 15 is 0 Å². The minimum atomic E-state index is -0.578. The summed E-state index contributed by atoms with van der Waals surface area (Å²) in [6.45, 7) is 0. The van der Waals surface area contributed by atoms with Gasteiger partial charge in [-0.25, -0.2) is 4.79 Å². The number of carbonyl (C=O) groups is 2. The van der Waals surface area contributed by atoms with Crippen LogP contribution < -0.4 is 5.32 Å². The van der Waals surface area contributed by atoms with E-state index in [0.29, 0.717) is 6.41 Å². The molecule has 78 valence electrons. The molecule has 0 aromatic heterocycles. The zero-order chi connectivity index (χ0) is 11.1. The molecule has 1 rings (SSSR count). The SMILES string of the molecule is COC(=O)C(=Cc1ccccc1)NC=O. The molecule has 15 heavy (non-hydrogen) atoms. The van der Waals surface area contributed by atoms with E-state index < -0.39 is 5.97 Å². The van der Waals surface area contributed by atoms with Crippen molar-refractivity contribution in [2.24, 2.45) is 0 Å². The fraction of sp³-hybridized carbons (Fsp3) is 0.0909. The minimum absolute atomic E-state index is 0.110.